The quantitative estimate of drug-likeness (QED) is 0.684. The van der Waals surface area contributed by atoms with E-state index in [4.69, 9.17) is 4.74 Å². The normalized spacial score (nSPS) is 9.89. The molecule has 0 aliphatic rings. The first-order valence-corrected chi connectivity index (χ1v) is 6.13. The summed E-state index contributed by atoms with van der Waals surface area (Å²) in [6.45, 7) is 4.78. The van der Waals surface area contributed by atoms with Crippen molar-refractivity contribution in [3.63, 3.8) is 0 Å². The second-order valence-electron chi connectivity index (χ2n) is 3.87. The molecule has 0 fully saturated rings. The van der Waals surface area contributed by atoms with Gasteiger partial charge in [-0.05, 0) is 13.8 Å². The predicted molar refractivity (Wildman–Crippen MR) is 73.4 cm³/mol. The topological polar surface area (TPSA) is 92.3 Å². The molecule has 0 atom stereocenters. The van der Waals surface area contributed by atoms with Gasteiger partial charge in [-0.3, -0.25) is 4.79 Å². The molecular formula is C11H20N6O2. The van der Waals surface area contributed by atoms with Crippen molar-refractivity contribution in [3.05, 3.63) is 0 Å². The largest absolute Gasteiger partial charge is 0.465 e. The molecular weight excluding hydrogens is 248 g/mol. The highest BCUT2D eigenvalue weighted by Gasteiger charge is 2.09. The molecule has 0 amide bonds. The van der Waals surface area contributed by atoms with Gasteiger partial charge in [0, 0.05) is 20.6 Å². The molecule has 0 aliphatic carbocycles. The molecule has 2 N–H and O–H groups in total. The first-order chi connectivity index (χ1) is 9.06. The van der Waals surface area contributed by atoms with E-state index in [1.54, 1.807) is 11.8 Å². The van der Waals surface area contributed by atoms with E-state index in [-0.39, 0.29) is 12.5 Å². The minimum Gasteiger partial charge on any atom is -0.465 e. The molecule has 1 aromatic heterocycles. The monoisotopic (exact) mass is 268 g/mol. The van der Waals surface area contributed by atoms with Crippen LogP contribution < -0.4 is 15.5 Å². The number of nitrogens with one attached hydrogen (secondary N) is 2. The van der Waals surface area contributed by atoms with Crippen molar-refractivity contribution < 1.29 is 9.53 Å². The van der Waals surface area contributed by atoms with Crippen LogP contribution in [-0.2, 0) is 9.53 Å². The Labute approximate surface area is 112 Å². The number of ether oxygens (including phenoxy) is 1. The third kappa shape index (κ3) is 4.94. The van der Waals surface area contributed by atoms with E-state index in [0.29, 0.717) is 31.0 Å². The van der Waals surface area contributed by atoms with Gasteiger partial charge in [0.05, 0.1) is 6.61 Å². The lowest BCUT2D eigenvalue weighted by Crippen LogP contribution is -2.21. The molecule has 0 aliphatic heterocycles. The number of hydrogen-bond acceptors (Lipinski definition) is 8. The maximum atomic E-state index is 11.3. The Bertz CT molecular complexity index is 424. The average molecular weight is 268 g/mol. The Morgan fingerprint density at radius 1 is 1.16 bits per heavy atom. The van der Waals surface area contributed by atoms with Gasteiger partial charge in [0.25, 0.3) is 0 Å². The number of rotatable bonds is 7. The molecule has 0 bridgehead atoms. The van der Waals surface area contributed by atoms with Crippen molar-refractivity contribution in [2.45, 2.75) is 13.8 Å². The Hall–Kier alpha value is -2.12. The van der Waals surface area contributed by atoms with Crippen LogP contribution in [0.1, 0.15) is 13.8 Å². The van der Waals surface area contributed by atoms with Crippen LogP contribution in [0, 0.1) is 0 Å². The van der Waals surface area contributed by atoms with Crippen LogP contribution in [0.4, 0.5) is 17.8 Å². The third-order valence-electron chi connectivity index (χ3n) is 2.05. The number of hydrogen-bond donors (Lipinski definition) is 2. The molecule has 1 aromatic rings. The molecule has 19 heavy (non-hydrogen) atoms. The second kappa shape index (κ2) is 7.34. The van der Waals surface area contributed by atoms with Gasteiger partial charge in [0.15, 0.2) is 0 Å². The lowest BCUT2D eigenvalue weighted by molar-refractivity contribution is -0.140. The Morgan fingerprint density at radius 3 is 2.32 bits per heavy atom. The molecule has 0 saturated heterocycles. The van der Waals surface area contributed by atoms with Gasteiger partial charge in [-0.1, -0.05) is 0 Å². The van der Waals surface area contributed by atoms with Crippen molar-refractivity contribution >= 4 is 23.8 Å². The summed E-state index contributed by atoms with van der Waals surface area (Å²) >= 11 is 0. The van der Waals surface area contributed by atoms with E-state index >= 15 is 0 Å². The van der Waals surface area contributed by atoms with E-state index in [2.05, 4.69) is 25.6 Å². The Morgan fingerprint density at radius 2 is 1.79 bits per heavy atom. The summed E-state index contributed by atoms with van der Waals surface area (Å²) in [4.78, 5) is 25.6. The second-order valence-corrected chi connectivity index (χ2v) is 3.87. The van der Waals surface area contributed by atoms with E-state index < -0.39 is 0 Å². The zero-order chi connectivity index (χ0) is 14.3. The van der Waals surface area contributed by atoms with Crippen LogP contribution in [0.15, 0.2) is 0 Å². The molecule has 1 heterocycles. The van der Waals surface area contributed by atoms with Gasteiger partial charge in [0.1, 0.15) is 6.54 Å². The summed E-state index contributed by atoms with van der Waals surface area (Å²) < 4.78 is 4.82. The van der Waals surface area contributed by atoms with Crippen LogP contribution in [0.25, 0.3) is 0 Å². The number of anilines is 3. The minimum absolute atomic E-state index is 0.0241. The Kier molecular flexibility index (Phi) is 5.77. The first kappa shape index (κ1) is 14.9. The molecule has 0 saturated carbocycles. The van der Waals surface area contributed by atoms with Crippen molar-refractivity contribution in [1.82, 2.24) is 15.0 Å². The van der Waals surface area contributed by atoms with E-state index in [1.165, 1.54) is 0 Å². The zero-order valence-electron chi connectivity index (χ0n) is 11.7. The molecule has 0 unspecified atom stereocenters. The van der Waals surface area contributed by atoms with Gasteiger partial charge < -0.3 is 20.3 Å². The van der Waals surface area contributed by atoms with Crippen LogP contribution in [-0.4, -0.2) is 54.7 Å². The van der Waals surface area contributed by atoms with Crippen LogP contribution in [0.3, 0.4) is 0 Å². The fraction of sp³-hybridized carbons (Fsp3) is 0.636. The summed E-state index contributed by atoms with van der Waals surface area (Å²) in [6, 6.07) is 0. The summed E-state index contributed by atoms with van der Waals surface area (Å²) in [5, 5.41) is 5.83. The molecule has 0 aromatic carbocycles. The highest BCUT2D eigenvalue weighted by Crippen LogP contribution is 2.10. The van der Waals surface area contributed by atoms with Crippen LogP contribution >= 0.6 is 0 Å². The van der Waals surface area contributed by atoms with Crippen molar-refractivity contribution in [1.29, 1.82) is 0 Å². The lowest BCUT2D eigenvalue weighted by atomic mass is 10.6. The molecule has 1 rings (SSSR count). The maximum absolute atomic E-state index is 11.3. The number of nitrogens with zero attached hydrogens (tertiary/aromatic N) is 4. The van der Waals surface area contributed by atoms with Gasteiger partial charge in [-0.25, -0.2) is 0 Å². The lowest BCUT2D eigenvalue weighted by Gasteiger charge is -2.13. The smallest absolute Gasteiger partial charge is 0.325 e. The first-order valence-electron chi connectivity index (χ1n) is 6.13. The SMILES string of the molecule is CCNc1nc(NCC(=O)OCC)nc(N(C)C)n1. The standard InChI is InChI=1S/C11H20N6O2/c1-5-12-9-14-10(13-7-8(18)19-6-2)16-11(15-9)17(3)4/h5-7H2,1-4H3,(H2,12,13,14,15,16). The van der Waals surface area contributed by atoms with Crippen molar-refractivity contribution in [2.75, 3.05) is 49.3 Å². The number of carbonyl (C=O) groups excluding carboxylic acids is 1. The van der Waals surface area contributed by atoms with E-state index in [0.717, 1.165) is 0 Å². The summed E-state index contributed by atoms with van der Waals surface area (Å²) in [5.41, 5.74) is 0. The molecule has 8 nitrogen and oxygen atoms in total. The van der Waals surface area contributed by atoms with Gasteiger partial charge in [0.2, 0.25) is 17.8 Å². The fourth-order valence-corrected chi connectivity index (χ4v) is 1.24. The summed E-state index contributed by atoms with van der Waals surface area (Å²) in [5.74, 6) is 0.965. The molecule has 8 heteroatoms. The van der Waals surface area contributed by atoms with Crippen molar-refractivity contribution in [2.24, 2.45) is 0 Å². The highest BCUT2D eigenvalue weighted by molar-refractivity contribution is 5.74. The average Bonchev–Trinajstić information content (AvgIpc) is 2.37. The van der Waals surface area contributed by atoms with Gasteiger partial charge in [-0.2, -0.15) is 15.0 Å². The molecule has 0 radical (unpaired) electrons. The summed E-state index contributed by atoms with van der Waals surface area (Å²) in [7, 11) is 3.67. The third-order valence-corrected chi connectivity index (χ3v) is 2.05. The number of carbonyl (C=O) groups is 1. The highest BCUT2D eigenvalue weighted by atomic mass is 16.5. The molecule has 0 spiro atoms. The zero-order valence-corrected chi connectivity index (χ0v) is 11.7. The van der Waals surface area contributed by atoms with E-state index in [9.17, 15) is 4.79 Å². The molecule has 106 valence electrons. The minimum atomic E-state index is -0.348. The van der Waals surface area contributed by atoms with Crippen LogP contribution in [0.2, 0.25) is 0 Å². The fourth-order valence-electron chi connectivity index (χ4n) is 1.24. The number of aromatic nitrogens is 3. The predicted octanol–water partition coefficient (Wildman–Crippen LogP) is 0.344. The van der Waals surface area contributed by atoms with Crippen molar-refractivity contribution in [3.8, 4) is 0 Å². The van der Waals surface area contributed by atoms with Gasteiger partial charge >= 0.3 is 5.97 Å². The maximum Gasteiger partial charge on any atom is 0.325 e. The van der Waals surface area contributed by atoms with Crippen LogP contribution in [0.5, 0.6) is 0 Å². The van der Waals surface area contributed by atoms with E-state index in [1.807, 2.05) is 21.0 Å². The number of esters is 1. The summed E-state index contributed by atoms with van der Waals surface area (Å²) in [6.07, 6.45) is 0. The van der Waals surface area contributed by atoms with Gasteiger partial charge in [-0.15, -0.1) is 0 Å². The Balaban J connectivity index is 2.78.